The van der Waals surface area contributed by atoms with E-state index in [9.17, 15) is 0 Å². The van der Waals surface area contributed by atoms with Gasteiger partial charge in [0, 0.05) is 5.39 Å². The van der Waals surface area contributed by atoms with Gasteiger partial charge in [0.25, 0.3) is 0 Å². The molecule has 0 spiro atoms. The average molecular weight is 345 g/mol. The molecule has 21 heavy (non-hydrogen) atoms. The Balaban J connectivity index is 2.11. The molecule has 0 aliphatic carbocycles. The van der Waals surface area contributed by atoms with Gasteiger partial charge in [-0.05, 0) is 47.5 Å². The Hall–Kier alpha value is -1.62. The van der Waals surface area contributed by atoms with Crippen LogP contribution in [-0.2, 0) is 0 Å². The zero-order valence-electron chi connectivity index (χ0n) is 12.0. The molecule has 0 radical (unpaired) electrons. The third-order valence-electron chi connectivity index (χ3n) is 3.54. The molecule has 4 heteroatoms. The van der Waals surface area contributed by atoms with E-state index in [1.807, 2.05) is 24.3 Å². The molecular formula is C17H17BrN2O. The third-order valence-corrected chi connectivity index (χ3v) is 4.17. The molecule has 0 fully saturated rings. The van der Waals surface area contributed by atoms with E-state index in [1.54, 1.807) is 0 Å². The predicted octanol–water partition coefficient (Wildman–Crippen LogP) is 4.36. The van der Waals surface area contributed by atoms with Gasteiger partial charge in [0.15, 0.2) is 0 Å². The van der Waals surface area contributed by atoms with E-state index in [2.05, 4.69) is 53.4 Å². The fraction of sp³-hybridized carbons (Fsp3) is 0.176. The summed E-state index contributed by atoms with van der Waals surface area (Å²) in [6.45, 7) is 4.17. The van der Waals surface area contributed by atoms with Crippen LogP contribution in [0.2, 0.25) is 0 Å². The number of rotatable bonds is 3. The van der Waals surface area contributed by atoms with Gasteiger partial charge in [-0.3, -0.25) is 5.84 Å². The molecule has 3 rings (SSSR count). The highest BCUT2D eigenvalue weighted by Crippen LogP contribution is 2.32. The largest absolute Gasteiger partial charge is 0.458 e. The summed E-state index contributed by atoms with van der Waals surface area (Å²) >= 11 is 3.52. The Morgan fingerprint density at radius 3 is 2.43 bits per heavy atom. The quantitative estimate of drug-likeness (QED) is 0.548. The van der Waals surface area contributed by atoms with Crippen LogP contribution in [0.15, 0.2) is 51.4 Å². The molecule has 3 N–H and O–H groups in total. The summed E-state index contributed by atoms with van der Waals surface area (Å²) in [5.41, 5.74) is 7.23. The second-order valence-electron chi connectivity index (χ2n) is 5.33. The van der Waals surface area contributed by atoms with Crippen molar-refractivity contribution in [1.29, 1.82) is 0 Å². The number of hydrogen-bond acceptors (Lipinski definition) is 3. The number of aryl methyl sites for hydroxylation is 2. The number of nitrogens with two attached hydrogens (primary N) is 1. The van der Waals surface area contributed by atoms with Gasteiger partial charge in [-0.2, -0.15) is 0 Å². The van der Waals surface area contributed by atoms with E-state index < -0.39 is 0 Å². The standard InChI is InChI=1S/C17H17BrN2O/c1-10-6-11(2)8-13(7-10)16(20-19)15-9-12-4-3-5-14(18)17(12)21-15/h3-9,16,20H,19H2,1-2H3. The van der Waals surface area contributed by atoms with Crippen LogP contribution in [0.1, 0.15) is 28.5 Å². The summed E-state index contributed by atoms with van der Waals surface area (Å²) in [5, 5.41) is 1.06. The number of hydrogen-bond donors (Lipinski definition) is 2. The molecule has 0 saturated heterocycles. The molecule has 0 bridgehead atoms. The smallest absolute Gasteiger partial charge is 0.148 e. The van der Waals surface area contributed by atoms with E-state index in [-0.39, 0.29) is 6.04 Å². The Labute approximate surface area is 132 Å². The van der Waals surface area contributed by atoms with E-state index in [0.29, 0.717) is 0 Å². The molecule has 1 heterocycles. The summed E-state index contributed by atoms with van der Waals surface area (Å²) in [6.07, 6.45) is 0. The van der Waals surface area contributed by atoms with Crippen molar-refractivity contribution in [3.8, 4) is 0 Å². The number of benzene rings is 2. The SMILES string of the molecule is Cc1cc(C)cc(C(NN)c2cc3cccc(Br)c3o2)c1. The highest BCUT2D eigenvalue weighted by Gasteiger charge is 2.18. The van der Waals surface area contributed by atoms with Crippen molar-refractivity contribution in [2.45, 2.75) is 19.9 Å². The van der Waals surface area contributed by atoms with Gasteiger partial charge in [0.2, 0.25) is 0 Å². The molecule has 0 aliphatic rings. The van der Waals surface area contributed by atoms with E-state index in [1.165, 1.54) is 11.1 Å². The van der Waals surface area contributed by atoms with Crippen LogP contribution >= 0.6 is 15.9 Å². The number of hydrazine groups is 1. The summed E-state index contributed by atoms with van der Waals surface area (Å²) in [7, 11) is 0. The van der Waals surface area contributed by atoms with Gasteiger partial charge < -0.3 is 4.42 Å². The van der Waals surface area contributed by atoms with Crippen LogP contribution in [0.5, 0.6) is 0 Å². The highest BCUT2D eigenvalue weighted by atomic mass is 79.9. The minimum Gasteiger partial charge on any atom is -0.458 e. The molecule has 3 nitrogen and oxygen atoms in total. The van der Waals surface area contributed by atoms with Crippen molar-refractivity contribution in [3.63, 3.8) is 0 Å². The first-order valence-corrected chi connectivity index (χ1v) is 7.60. The fourth-order valence-corrected chi connectivity index (χ4v) is 3.17. The van der Waals surface area contributed by atoms with Crippen molar-refractivity contribution < 1.29 is 4.42 Å². The Bertz CT molecular complexity index is 774. The zero-order chi connectivity index (χ0) is 15.0. The number of furan rings is 1. The molecule has 1 aromatic heterocycles. The second kappa shape index (κ2) is 5.64. The van der Waals surface area contributed by atoms with Gasteiger partial charge in [-0.15, -0.1) is 0 Å². The summed E-state index contributed by atoms with van der Waals surface area (Å²) in [6, 6.07) is 14.3. The van der Waals surface area contributed by atoms with Crippen molar-refractivity contribution >= 4 is 26.9 Å². The van der Waals surface area contributed by atoms with Gasteiger partial charge in [-0.1, -0.05) is 41.5 Å². The molecule has 1 unspecified atom stereocenters. The molecule has 0 saturated carbocycles. The average Bonchev–Trinajstić information content (AvgIpc) is 2.83. The zero-order valence-corrected chi connectivity index (χ0v) is 13.6. The Morgan fingerprint density at radius 2 is 1.81 bits per heavy atom. The maximum Gasteiger partial charge on any atom is 0.148 e. The van der Waals surface area contributed by atoms with Crippen molar-refractivity contribution in [1.82, 2.24) is 5.43 Å². The van der Waals surface area contributed by atoms with Crippen molar-refractivity contribution in [2.75, 3.05) is 0 Å². The molecule has 2 aromatic carbocycles. The molecular weight excluding hydrogens is 328 g/mol. The maximum atomic E-state index is 6.00. The van der Waals surface area contributed by atoms with Gasteiger partial charge >= 0.3 is 0 Å². The lowest BCUT2D eigenvalue weighted by atomic mass is 10.00. The summed E-state index contributed by atoms with van der Waals surface area (Å²) < 4.78 is 6.94. The van der Waals surface area contributed by atoms with Gasteiger partial charge in [0.05, 0.1) is 4.47 Å². The second-order valence-corrected chi connectivity index (χ2v) is 6.18. The number of para-hydroxylation sites is 1. The highest BCUT2D eigenvalue weighted by molar-refractivity contribution is 9.10. The molecule has 1 atom stereocenters. The minimum absolute atomic E-state index is 0.164. The van der Waals surface area contributed by atoms with Crippen LogP contribution in [-0.4, -0.2) is 0 Å². The third kappa shape index (κ3) is 2.75. The number of halogens is 1. The lowest BCUT2D eigenvalue weighted by Gasteiger charge is -2.15. The van der Waals surface area contributed by atoms with Crippen molar-refractivity contribution in [2.24, 2.45) is 5.84 Å². The van der Waals surface area contributed by atoms with Crippen LogP contribution in [0.4, 0.5) is 0 Å². The Morgan fingerprint density at radius 1 is 1.10 bits per heavy atom. The molecule has 108 valence electrons. The van der Waals surface area contributed by atoms with E-state index in [4.69, 9.17) is 10.3 Å². The first-order valence-electron chi connectivity index (χ1n) is 6.81. The number of nitrogens with one attached hydrogen (secondary N) is 1. The molecule has 0 aliphatic heterocycles. The van der Waals surface area contributed by atoms with Crippen LogP contribution in [0.3, 0.4) is 0 Å². The van der Waals surface area contributed by atoms with Gasteiger partial charge in [-0.25, -0.2) is 5.43 Å². The number of fused-ring (bicyclic) bond motifs is 1. The van der Waals surface area contributed by atoms with E-state index >= 15 is 0 Å². The van der Waals surface area contributed by atoms with E-state index in [0.717, 1.165) is 26.8 Å². The normalized spacial score (nSPS) is 12.8. The van der Waals surface area contributed by atoms with Gasteiger partial charge in [0.1, 0.15) is 17.4 Å². The fourth-order valence-electron chi connectivity index (χ4n) is 2.71. The van der Waals surface area contributed by atoms with Crippen LogP contribution in [0, 0.1) is 13.8 Å². The van der Waals surface area contributed by atoms with Crippen LogP contribution in [0.25, 0.3) is 11.0 Å². The topological polar surface area (TPSA) is 51.2 Å². The monoisotopic (exact) mass is 344 g/mol. The lowest BCUT2D eigenvalue weighted by molar-refractivity contribution is 0.476. The minimum atomic E-state index is -0.164. The van der Waals surface area contributed by atoms with Crippen molar-refractivity contribution in [3.05, 3.63) is 69.4 Å². The lowest BCUT2D eigenvalue weighted by Crippen LogP contribution is -2.28. The summed E-state index contributed by atoms with van der Waals surface area (Å²) in [4.78, 5) is 0. The first kappa shape index (κ1) is 14.3. The maximum absolute atomic E-state index is 6.00. The molecule has 0 amide bonds. The first-order chi connectivity index (χ1) is 10.1. The molecule has 3 aromatic rings. The predicted molar refractivity (Wildman–Crippen MR) is 89.0 cm³/mol. The Kier molecular flexibility index (Phi) is 3.85. The van der Waals surface area contributed by atoms with Crippen LogP contribution < -0.4 is 11.3 Å². The summed E-state index contributed by atoms with van der Waals surface area (Å²) in [5.74, 6) is 6.58.